The maximum Gasteiger partial charge on any atom is 0.245 e. The molecule has 0 aliphatic carbocycles. The molecular formula is C15H25N3O3. The molecule has 2 saturated heterocycles. The summed E-state index contributed by atoms with van der Waals surface area (Å²) in [6, 6.07) is -0.162. The predicted octanol–water partition coefficient (Wildman–Crippen LogP) is 0.562. The summed E-state index contributed by atoms with van der Waals surface area (Å²) in [4.78, 5) is 36.9. The smallest absolute Gasteiger partial charge is 0.245 e. The number of carbonyl (C=O) groups excluding carboxylic acids is 3. The van der Waals surface area contributed by atoms with E-state index in [2.05, 4.69) is 17.6 Å². The second-order valence-corrected chi connectivity index (χ2v) is 5.93. The summed E-state index contributed by atoms with van der Waals surface area (Å²) in [6.45, 7) is 3.38. The third-order valence-corrected chi connectivity index (χ3v) is 4.22. The van der Waals surface area contributed by atoms with E-state index in [0.717, 1.165) is 25.7 Å². The molecule has 6 nitrogen and oxygen atoms in total. The minimum atomic E-state index is -0.340. The average molecular weight is 295 g/mol. The lowest BCUT2D eigenvalue weighted by Gasteiger charge is -2.33. The number of nitrogens with zero attached hydrogens (tertiary/aromatic N) is 1. The second kappa shape index (κ2) is 7.43. The minimum absolute atomic E-state index is 0.0246. The van der Waals surface area contributed by atoms with E-state index in [4.69, 9.17) is 0 Å². The molecule has 0 radical (unpaired) electrons. The van der Waals surface area contributed by atoms with Crippen LogP contribution in [0, 0.1) is 0 Å². The Morgan fingerprint density at radius 1 is 1.29 bits per heavy atom. The van der Waals surface area contributed by atoms with Crippen molar-refractivity contribution in [1.29, 1.82) is 0 Å². The monoisotopic (exact) mass is 295 g/mol. The Hall–Kier alpha value is -1.59. The summed E-state index contributed by atoms with van der Waals surface area (Å²) in [5.74, 6) is 0.104. The number of nitrogens with one attached hydrogen (secondary N) is 2. The van der Waals surface area contributed by atoms with Gasteiger partial charge in [-0.3, -0.25) is 14.4 Å². The molecule has 2 N–H and O–H groups in total. The highest BCUT2D eigenvalue weighted by Gasteiger charge is 2.32. The quantitative estimate of drug-likeness (QED) is 0.778. The summed E-state index contributed by atoms with van der Waals surface area (Å²) in [6.07, 6.45) is 5.17. The second-order valence-electron chi connectivity index (χ2n) is 5.93. The molecule has 1 unspecified atom stereocenters. The first-order valence-corrected chi connectivity index (χ1v) is 7.97. The summed E-state index contributed by atoms with van der Waals surface area (Å²) in [5.41, 5.74) is 0. The van der Waals surface area contributed by atoms with Gasteiger partial charge in [-0.1, -0.05) is 13.3 Å². The number of amides is 3. The molecule has 2 fully saturated rings. The lowest BCUT2D eigenvalue weighted by Crippen LogP contribution is -2.51. The third kappa shape index (κ3) is 4.44. The zero-order valence-corrected chi connectivity index (χ0v) is 12.7. The molecule has 0 saturated carbocycles. The Kier molecular flexibility index (Phi) is 5.59. The third-order valence-electron chi connectivity index (χ3n) is 4.22. The summed E-state index contributed by atoms with van der Waals surface area (Å²) >= 11 is 0. The fourth-order valence-corrected chi connectivity index (χ4v) is 2.90. The van der Waals surface area contributed by atoms with Gasteiger partial charge in [0.2, 0.25) is 17.7 Å². The molecule has 2 heterocycles. The van der Waals surface area contributed by atoms with Gasteiger partial charge in [0.15, 0.2) is 0 Å². The van der Waals surface area contributed by atoms with E-state index >= 15 is 0 Å². The highest BCUT2D eigenvalue weighted by atomic mass is 16.2. The lowest BCUT2D eigenvalue weighted by atomic mass is 10.0. The van der Waals surface area contributed by atoms with E-state index in [-0.39, 0.29) is 29.8 Å². The van der Waals surface area contributed by atoms with E-state index in [9.17, 15) is 14.4 Å². The van der Waals surface area contributed by atoms with Crippen LogP contribution >= 0.6 is 0 Å². The topological polar surface area (TPSA) is 78.5 Å². The van der Waals surface area contributed by atoms with Crippen molar-refractivity contribution in [3.63, 3.8) is 0 Å². The minimum Gasteiger partial charge on any atom is -0.353 e. The van der Waals surface area contributed by atoms with Crippen molar-refractivity contribution < 1.29 is 14.4 Å². The van der Waals surface area contributed by atoms with Crippen LogP contribution in [-0.2, 0) is 14.4 Å². The van der Waals surface area contributed by atoms with Crippen LogP contribution < -0.4 is 10.6 Å². The molecule has 2 aliphatic heterocycles. The number of hydrogen-bond donors (Lipinski definition) is 2. The van der Waals surface area contributed by atoms with Gasteiger partial charge in [-0.15, -0.1) is 0 Å². The molecule has 1 atom stereocenters. The van der Waals surface area contributed by atoms with E-state index in [1.165, 1.54) is 0 Å². The molecule has 0 bridgehead atoms. The zero-order valence-electron chi connectivity index (χ0n) is 12.7. The van der Waals surface area contributed by atoms with Gasteiger partial charge in [0.1, 0.15) is 6.04 Å². The number of carbonyl (C=O) groups is 3. The van der Waals surface area contributed by atoms with E-state index < -0.39 is 0 Å². The maximum absolute atomic E-state index is 12.2. The molecule has 21 heavy (non-hydrogen) atoms. The number of unbranched alkanes of at least 4 members (excludes halogenated alkanes) is 1. The van der Waals surface area contributed by atoms with Gasteiger partial charge in [0, 0.05) is 32.0 Å². The number of rotatable bonds is 5. The average Bonchev–Trinajstić information content (AvgIpc) is 2.92. The molecule has 0 spiro atoms. The van der Waals surface area contributed by atoms with Crippen LogP contribution in [0.4, 0.5) is 0 Å². The molecule has 0 aromatic heterocycles. The zero-order chi connectivity index (χ0) is 15.2. The molecule has 2 aliphatic rings. The highest BCUT2D eigenvalue weighted by molar-refractivity contribution is 5.90. The van der Waals surface area contributed by atoms with Crippen LogP contribution in [0.5, 0.6) is 0 Å². The molecule has 2 rings (SSSR count). The van der Waals surface area contributed by atoms with E-state index in [1.807, 2.05) is 4.90 Å². The molecule has 6 heteroatoms. The summed E-state index contributed by atoms with van der Waals surface area (Å²) in [7, 11) is 0. The van der Waals surface area contributed by atoms with Gasteiger partial charge in [0.25, 0.3) is 0 Å². The normalized spacial score (nSPS) is 23.0. The van der Waals surface area contributed by atoms with Crippen molar-refractivity contribution in [2.75, 3.05) is 13.1 Å². The molecule has 118 valence electrons. The predicted molar refractivity (Wildman–Crippen MR) is 78.4 cm³/mol. The fraction of sp³-hybridized carbons (Fsp3) is 0.800. The lowest BCUT2D eigenvalue weighted by molar-refractivity contribution is -0.135. The van der Waals surface area contributed by atoms with Crippen molar-refractivity contribution in [1.82, 2.24) is 15.5 Å². The molecular weight excluding hydrogens is 270 g/mol. The fourth-order valence-electron chi connectivity index (χ4n) is 2.90. The Labute approximate surface area is 125 Å². The molecule has 0 aromatic rings. The summed E-state index contributed by atoms with van der Waals surface area (Å²) in [5, 5.41) is 5.76. The van der Waals surface area contributed by atoms with E-state index in [0.29, 0.717) is 32.4 Å². The summed E-state index contributed by atoms with van der Waals surface area (Å²) < 4.78 is 0. The van der Waals surface area contributed by atoms with E-state index in [1.54, 1.807) is 0 Å². The molecule has 0 aromatic carbocycles. The Morgan fingerprint density at radius 3 is 2.57 bits per heavy atom. The van der Waals surface area contributed by atoms with Crippen LogP contribution in [0.25, 0.3) is 0 Å². The number of piperidine rings is 1. The van der Waals surface area contributed by atoms with Crippen LogP contribution in [0.1, 0.15) is 51.9 Å². The number of likely N-dealkylation sites (tertiary alicyclic amines) is 1. The highest BCUT2D eigenvalue weighted by Crippen LogP contribution is 2.15. The van der Waals surface area contributed by atoms with Crippen molar-refractivity contribution >= 4 is 17.7 Å². The van der Waals surface area contributed by atoms with Crippen molar-refractivity contribution in [3.8, 4) is 0 Å². The van der Waals surface area contributed by atoms with Crippen LogP contribution in [-0.4, -0.2) is 47.8 Å². The maximum atomic E-state index is 12.2. The Morgan fingerprint density at radius 2 is 2.00 bits per heavy atom. The van der Waals surface area contributed by atoms with Gasteiger partial charge in [-0.05, 0) is 25.7 Å². The Bertz CT molecular complexity index is 403. The van der Waals surface area contributed by atoms with Gasteiger partial charge in [0.05, 0.1) is 0 Å². The van der Waals surface area contributed by atoms with Gasteiger partial charge >= 0.3 is 0 Å². The first-order valence-electron chi connectivity index (χ1n) is 7.97. The van der Waals surface area contributed by atoms with Gasteiger partial charge in [-0.2, -0.15) is 0 Å². The van der Waals surface area contributed by atoms with Crippen LogP contribution in [0.2, 0.25) is 0 Å². The SMILES string of the molecule is CCCCC(=O)NC1CCN(C(=O)C2CCC(=O)N2)CC1. The van der Waals surface area contributed by atoms with Gasteiger partial charge in [-0.25, -0.2) is 0 Å². The van der Waals surface area contributed by atoms with Crippen molar-refractivity contribution in [2.45, 2.75) is 64.0 Å². The van der Waals surface area contributed by atoms with Gasteiger partial charge < -0.3 is 15.5 Å². The van der Waals surface area contributed by atoms with Crippen LogP contribution in [0.15, 0.2) is 0 Å². The Balaban J connectivity index is 1.71. The first kappa shape index (κ1) is 15.8. The number of hydrogen-bond acceptors (Lipinski definition) is 3. The standard InChI is InChI=1S/C15H25N3O3/c1-2-3-4-13(19)16-11-7-9-18(10-8-11)15(21)12-5-6-14(20)17-12/h11-12H,2-10H2,1H3,(H,16,19)(H,17,20). The van der Waals surface area contributed by atoms with Crippen molar-refractivity contribution in [2.24, 2.45) is 0 Å². The van der Waals surface area contributed by atoms with Crippen molar-refractivity contribution in [3.05, 3.63) is 0 Å². The first-order chi connectivity index (χ1) is 10.1. The molecule has 3 amide bonds. The van der Waals surface area contributed by atoms with Crippen LogP contribution in [0.3, 0.4) is 0 Å². The largest absolute Gasteiger partial charge is 0.353 e.